The fourth-order valence-corrected chi connectivity index (χ4v) is 4.82. The first kappa shape index (κ1) is 26.1. The van der Waals surface area contributed by atoms with Gasteiger partial charge in [0.05, 0.1) is 21.3 Å². The maximum Gasteiger partial charge on any atom is 0.435 e. The van der Waals surface area contributed by atoms with E-state index in [0.29, 0.717) is 17.5 Å². The number of alkyl halides is 6. The van der Waals surface area contributed by atoms with E-state index >= 15 is 0 Å². The van der Waals surface area contributed by atoms with E-state index in [-0.39, 0.29) is 5.71 Å². The first-order chi connectivity index (χ1) is 16.4. The van der Waals surface area contributed by atoms with Crippen LogP contribution >= 0.6 is 23.2 Å². The second-order valence-corrected chi connectivity index (χ2v) is 9.67. The Morgan fingerprint density at radius 1 is 1.06 bits per heavy atom. The van der Waals surface area contributed by atoms with Crippen LogP contribution in [0.1, 0.15) is 54.4 Å². The SMILES string of the molecule is CCCCN1CC(c2ccc(C3=NOC(c4cc(Cl)c(Cl)c(C(F)(F)F)c4)(C(F)(F)F)C3)cc2)C1. The molecule has 0 saturated carbocycles. The largest absolute Gasteiger partial charge is 0.435 e. The Bertz CT molecular complexity index is 1110. The molecule has 2 aliphatic rings. The van der Waals surface area contributed by atoms with Gasteiger partial charge in [0, 0.05) is 31.0 Å². The van der Waals surface area contributed by atoms with E-state index < -0.39 is 45.5 Å². The summed E-state index contributed by atoms with van der Waals surface area (Å²) in [5.41, 5.74) is -3.96. The summed E-state index contributed by atoms with van der Waals surface area (Å²) < 4.78 is 82.9. The van der Waals surface area contributed by atoms with Crippen molar-refractivity contribution in [2.24, 2.45) is 5.16 Å². The van der Waals surface area contributed by atoms with Gasteiger partial charge in [-0.1, -0.05) is 66.0 Å². The molecule has 0 radical (unpaired) electrons. The van der Waals surface area contributed by atoms with Crippen LogP contribution in [0.15, 0.2) is 41.6 Å². The molecule has 0 N–H and O–H groups in total. The van der Waals surface area contributed by atoms with E-state index in [1.165, 1.54) is 0 Å². The van der Waals surface area contributed by atoms with Gasteiger partial charge in [-0.2, -0.15) is 26.3 Å². The monoisotopic (exact) mass is 538 g/mol. The van der Waals surface area contributed by atoms with E-state index in [1.807, 2.05) is 12.1 Å². The number of rotatable bonds is 6. The van der Waals surface area contributed by atoms with Crippen LogP contribution in [0.4, 0.5) is 26.3 Å². The predicted octanol–water partition coefficient (Wildman–Crippen LogP) is 7.79. The third kappa shape index (κ3) is 5.00. The van der Waals surface area contributed by atoms with Gasteiger partial charge in [0.25, 0.3) is 5.60 Å². The number of oxime groups is 1. The van der Waals surface area contributed by atoms with Gasteiger partial charge >= 0.3 is 12.4 Å². The number of nitrogens with zero attached hydrogens (tertiary/aromatic N) is 2. The fourth-order valence-electron chi connectivity index (χ4n) is 4.38. The van der Waals surface area contributed by atoms with Gasteiger partial charge in [0.15, 0.2) is 0 Å². The lowest BCUT2D eigenvalue weighted by atomic mass is 9.85. The van der Waals surface area contributed by atoms with Crippen LogP contribution in [0.25, 0.3) is 0 Å². The van der Waals surface area contributed by atoms with Crippen molar-refractivity contribution in [1.29, 1.82) is 0 Å². The van der Waals surface area contributed by atoms with E-state index in [2.05, 4.69) is 17.0 Å². The normalized spacial score (nSPS) is 21.6. The molecule has 1 atom stereocenters. The quantitative estimate of drug-likeness (QED) is 0.350. The highest BCUT2D eigenvalue weighted by atomic mass is 35.5. The molecular weight excluding hydrogens is 517 g/mol. The molecular formula is C24H22Cl2F6N2O. The minimum atomic E-state index is -5.08. The van der Waals surface area contributed by atoms with Gasteiger partial charge in [-0.05, 0) is 36.2 Å². The lowest BCUT2D eigenvalue weighted by Gasteiger charge is -2.39. The van der Waals surface area contributed by atoms with Gasteiger partial charge in [0.2, 0.25) is 0 Å². The maximum absolute atomic E-state index is 14.2. The van der Waals surface area contributed by atoms with Crippen molar-refractivity contribution in [3.05, 3.63) is 68.7 Å². The Morgan fingerprint density at radius 2 is 1.71 bits per heavy atom. The molecule has 2 heterocycles. The summed E-state index contributed by atoms with van der Waals surface area (Å²) in [7, 11) is 0. The van der Waals surface area contributed by atoms with Crippen molar-refractivity contribution in [2.75, 3.05) is 19.6 Å². The second kappa shape index (κ2) is 9.48. The Balaban J connectivity index is 1.57. The van der Waals surface area contributed by atoms with Crippen LogP contribution in [0.5, 0.6) is 0 Å². The third-order valence-corrected chi connectivity index (χ3v) is 7.29. The number of halogens is 8. The van der Waals surface area contributed by atoms with Crippen LogP contribution in [-0.2, 0) is 16.6 Å². The molecule has 2 aliphatic heterocycles. The minimum absolute atomic E-state index is 0.0216. The molecule has 4 rings (SSSR count). The standard InChI is InChI=1S/C24H22Cl2F6N2O/c1-2-3-8-34-12-16(13-34)14-4-6-15(7-5-14)20-11-22(35-33-20,24(30,31)32)17-9-18(23(27,28)29)21(26)19(25)10-17/h4-7,9-10,16H,2-3,8,11-13H2,1H3. The molecule has 35 heavy (non-hydrogen) atoms. The van der Waals surface area contributed by atoms with Gasteiger partial charge in [-0.15, -0.1) is 0 Å². The summed E-state index contributed by atoms with van der Waals surface area (Å²) in [4.78, 5) is 7.22. The number of hydrogen-bond donors (Lipinski definition) is 0. The zero-order chi connectivity index (χ0) is 25.6. The molecule has 0 spiro atoms. The van der Waals surface area contributed by atoms with Crippen LogP contribution < -0.4 is 0 Å². The molecule has 0 aromatic heterocycles. The van der Waals surface area contributed by atoms with Crippen LogP contribution in [-0.4, -0.2) is 36.4 Å². The first-order valence-electron chi connectivity index (χ1n) is 11.1. The van der Waals surface area contributed by atoms with Gasteiger partial charge in [0.1, 0.15) is 0 Å². The molecule has 0 amide bonds. The van der Waals surface area contributed by atoms with Crippen LogP contribution in [0, 0.1) is 0 Å². The molecule has 0 aliphatic carbocycles. The van der Waals surface area contributed by atoms with Crippen LogP contribution in [0.2, 0.25) is 10.0 Å². The highest BCUT2D eigenvalue weighted by Gasteiger charge is 2.62. The third-order valence-electron chi connectivity index (χ3n) is 6.49. The van der Waals surface area contributed by atoms with Crippen molar-refractivity contribution in [2.45, 2.75) is 50.1 Å². The molecule has 1 fully saturated rings. The summed E-state index contributed by atoms with van der Waals surface area (Å²) in [6, 6.07) is 8.07. The smallest absolute Gasteiger partial charge is 0.374 e. The van der Waals surface area contributed by atoms with Crippen molar-refractivity contribution in [3.8, 4) is 0 Å². The Kier molecular flexibility index (Phi) is 7.07. The molecule has 190 valence electrons. The summed E-state index contributed by atoms with van der Waals surface area (Å²) in [5.74, 6) is 0.355. The lowest BCUT2D eigenvalue weighted by Crippen LogP contribution is -2.45. The predicted molar refractivity (Wildman–Crippen MR) is 122 cm³/mol. The number of hydrogen-bond acceptors (Lipinski definition) is 3. The highest BCUT2D eigenvalue weighted by Crippen LogP contribution is 2.51. The van der Waals surface area contributed by atoms with Gasteiger partial charge < -0.3 is 9.74 Å². The van der Waals surface area contributed by atoms with Gasteiger partial charge in [-0.25, -0.2) is 0 Å². The highest BCUT2D eigenvalue weighted by molar-refractivity contribution is 6.42. The zero-order valence-corrected chi connectivity index (χ0v) is 20.1. The fraction of sp³-hybridized carbons (Fsp3) is 0.458. The van der Waals surface area contributed by atoms with Crippen molar-refractivity contribution in [3.63, 3.8) is 0 Å². The Morgan fingerprint density at radius 3 is 2.29 bits per heavy atom. The summed E-state index contributed by atoms with van der Waals surface area (Å²) in [6.07, 6.45) is -8.63. The average molecular weight is 539 g/mol. The number of benzene rings is 2. The van der Waals surface area contributed by atoms with Crippen LogP contribution in [0.3, 0.4) is 0 Å². The molecule has 3 nitrogen and oxygen atoms in total. The molecule has 11 heteroatoms. The lowest BCUT2D eigenvalue weighted by molar-refractivity contribution is -0.276. The zero-order valence-electron chi connectivity index (χ0n) is 18.6. The van der Waals surface area contributed by atoms with E-state index in [0.717, 1.165) is 44.1 Å². The summed E-state index contributed by atoms with van der Waals surface area (Å²) >= 11 is 11.4. The van der Waals surface area contributed by atoms with E-state index in [4.69, 9.17) is 28.0 Å². The van der Waals surface area contributed by atoms with E-state index in [1.54, 1.807) is 12.1 Å². The van der Waals surface area contributed by atoms with Gasteiger partial charge in [-0.3, -0.25) is 0 Å². The average Bonchev–Trinajstić information content (AvgIpc) is 3.21. The molecule has 1 unspecified atom stereocenters. The molecule has 1 saturated heterocycles. The van der Waals surface area contributed by atoms with Crippen molar-refractivity contribution < 1.29 is 31.2 Å². The molecule has 2 aromatic carbocycles. The van der Waals surface area contributed by atoms with Crippen molar-refractivity contribution in [1.82, 2.24) is 4.90 Å². The second-order valence-electron chi connectivity index (χ2n) is 8.88. The number of likely N-dealkylation sites (tertiary alicyclic amines) is 1. The Labute approximate surface area is 208 Å². The summed E-state index contributed by atoms with van der Waals surface area (Å²) in [6.45, 7) is 5.04. The molecule has 0 bridgehead atoms. The summed E-state index contributed by atoms with van der Waals surface area (Å²) in [5, 5.41) is 2.10. The topological polar surface area (TPSA) is 24.8 Å². The van der Waals surface area contributed by atoms with E-state index in [9.17, 15) is 26.3 Å². The Hall–Kier alpha value is -1.97. The first-order valence-corrected chi connectivity index (χ1v) is 11.8. The number of unbranched alkanes of at least 4 members (excludes halogenated alkanes) is 1. The molecule has 2 aromatic rings. The minimum Gasteiger partial charge on any atom is -0.374 e. The maximum atomic E-state index is 14.2. The van der Waals surface area contributed by atoms with Crippen molar-refractivity contribution >= 4 is 28.9 Å².